The van der Waals surface area contributed by atoms with Gasteiger partial charge in [-0.25, -0.2) is 0 Å². The molecule has 0 radical (unpaired) electrons. The molecule has 0 amide bonds. The first kappa shape index (κ1) is 11.6. The summed E-state index contributed by atoms with van der Waals surface area (Å²) in [7, 11) is 0. The van der Waals surface area contributed by atoms with E-state index >= 15 is 0 Å². The van der Waals surface area contributed by atoms with Gasteiger partial charge < -0.3 is 10.6 Å². The molecule has 0 bridgehead atoms. The highest BCUT2D eigenvalue weighted by Crippen LogP contribution is 2.36. The van der Waals surface area contributed by atoms with Crippen molar-refractivity contribution in [3.63, 3.8) is 0 Å². The number of benzene rings is 1. The van der Waals surface area contributed by atoms with Crippen LogP contribution in [0.1, 0.15) is 42.7 Å². The normalized spacial score (nSPS) is 19.7. The lowest BCUT2D eigenvalue weighted by molar-refractivity contribution is 0.419. The van der Waals surface area contributed by atoms with Crippen molar-refractivity contribution in [1.29, 1.82) is 0 Å². The van der Waals surface area contributed by atoms with Crippen molar-refractivity contribution in [1.82, 2.24) is 10.6 Å². The lowest BCUT2D eigenvalue weighted by Gasteiger charge is -2.25. The first-order valence-corrected chi connectivity index (χ1v) is 7.03. The maximum Gasteiger partial charge on any atom is 0.191 e. The van der Waals surface area contributed by atoms with Gasteiger partial charge in [0.1, 0.15) is 0 Å². The smallest absolute Gasteiger partial charge is 0.191 e. The van der Waals surface area contributed by atoms with E-state index in [0.29, 0.717) is 0 Å². The molecule has 1 aromatic rings. The molecule has 1 aliphatic heterocycles. The van der Waals surface area contributed by atoms with Crippen molar-refractivity contribution >= 4 is 5.96 Å². The van der Waals surface area contributed by atoms with Gasteiger partial charge in [-0.3, -0.25) is 4.99 Å². The van der Waals surface area contributed by atoms with E-state index in [1.807, 2.05) is 0 Å². The SMILES string of the molecule is c1cc(C2CCC2)ccc1CNC1=NCCCN1. The molecule has 1 aliphatic carbocycles. The maximum atomic E-state index is 4.41. The monoisotopic (exact) mass is 243 g/mol. The van der Waals surface area contributed by atoms with Crippen LogP contribution in [0.2, 0.25) is 0 Å². The zero-order chi connectivity index (χ0) is 12.2. The van der Waals surface area contributed by atoms with Crippen molar-refractivity contribution in [2.24, 2.45) is 4.99 Å². The third kappa shape index (κ3) is 2.66. The predicted molar refractivity (Wildman–Crippen MR) is 74.8 cm³/mol. The minimum atomic E-state index is 0.830. The van der Waals surface area contributed by atoms with Crippen LogP contribution in [0.15, 0.2) is 29.3 Å². The fourth-order valence-corrected chi connectivity index (χ4v) is 2.49. The van der Waals surface area contributed by atoms with E-state index in [1.165, 1.54) is 30.4 Å². The Morgan fingerprint density at radius 1 is 1.17 bits per heavy atom. The number of rotatable bonds is 3. The molecular weight excluding hydrogens is 222 g/mol. The molecule has 3 nitrogen and oxygen atoms in total. The van der Waals surface area contributed by atoms with Crippen molar-refractivity contribution < 1.29 is 0 Å². The van der Waals surface area contributed by atoms with Gasteiger partial charge in [0.05, 0.1) is 0 Å². The van der Waals surface area contributed by atoms with Gasteiger partial charge in [0.25, 0.3) is 0 Å². The van der Waals surface area contributed by atoms with Gasteiger partial charge in [-0.2, -0.15) is 0 Å². The second-order valence-corrected chi connectivity index (χ2v) is 5.23. The number of aliphatic imine (C=N–C) groups is 1. The van der Waals surface area contributed by atoms with Crippen LogP contribution in [0.5, 0.6) is 0 Å². The van der Waals surface area contributed by atoms with Crippen LogP contribution in [-0.4, -0.2) is 19.0 Å². The molecule has 2 N–H and O–H groups in total. The first-order valence-electron chi connectivity index (χ1n) is 7.03. The zero-order valence-corrected chi connectivity index (χ0v) is 10.8. The van der Waals surface area contributed by atoms with Crippen molar-refractivity contribution in [2.45, 2.75) is 38.1 Å². The minimum Gasteiger partial charge on any atom is -0.356 e. The van der Waals surface area contributed by atoms with Crippen LogP contribution in [0.4, 0.5) is 0 Å². The zero-order valence-electron chi connectivity index (χ0n) is 10.8. The Labute approximate surface area is 109 Å². The number of nitrogens with one attached hydrogen (secondary N) is 2. The largest absolute Gasteiger partial charge is 0.356 e. The average Bonchev–Trinajstić information content (AvgIpc) is 2.37. The van der Waals surface area contributed by atoms with Gasteiger partial charge in [0.2, 0.25) is 0 Å². The molecule has 1 heterocycles. The highest BCUT2D eigenvalue weighted by molar-refractivity contribution is 5.80. The minimum absolute atomic E-state index is 0.830. The van der Waals surface area contributed by atoms with E-state index in [4.69, 9.17) is 0 Å². The van der Waals surface area contributed by atoms with E-state index in [1.54, 1.807) is 0 Å². The number of guanidine groups is 1. The lowest BCUT2D eigenvalue weighted by Crippen LogP contribution is -2.40. The summed E-state index contributed by atoms with van der Waals surface area (Å²) in [6.07, 6.45) is 5.29. The predicted octanol–water partition coefficient (Wildman–Crippen LogP) is 2.39. The quantitative estimate of drug-likeness (QED) is 0.855. The van der Waals surface area contributed by atoms with Crippen molar-refractivity contribution in [3.05, 3.63) is 35.4 Å². The number of nitrogens with zero attached hydrogens (tertiary/aromatic N) is 1. The van der Waals surface area contributed by atoms with Gasteiger partial charge in [-0.05, 0) is 36.3 Å². The van der Waals surface area contributed by atoms with Crippen molar-refractivity contribution in [3.8, 4) is 0 Å². The third-order valence-corrected chi connectivity index (χ3v) is 3.91. The maximum absolute atomic E-state index is 4.41. The second-order valence-electron chi connectivity index (χ2n) is 5.23. The molecule has 1 aromatic carbocycles. The summed E-state index contributed by atoms with van der Waals surface area (Å²) in [6, 6.07) is 9.06. The van der Waals surface area contributed by atoms with E-state index < -0.39 is 0 Å². The molecular formula is C15H21N3. The third-order valence-electron chi connectivity index (χ3n) is 3.91. The summed E-state index contributed by atoms with van der Waals surface area (Å²) < 4.78 is 0. The van der Waals surface area contributed by atoms with Gasteiger partial charge >= 0.3 is 0 Å². The van der Waals surface area contributed by atoms with Gasteiger partial charge in [0.15, 0.2) is 5.96 Å². The number of hydrogen-bond acceptors (Lipinski definition) is 3. The Morgan fingerprint density at radius 3 is 2.61 bits per heavy atom. The molecule has 18 heavy (non-hydrogen) atoms. The molecule has 0 saturated heterocycles. The van der Waals surface area contributed by atoms with Crippen LogP contribution in [0, 0.1) is 0 Å². The average molecular weight is 243 g/mol. The molecule has 96 valence electrons. The van der Waals surface area contributed by atoms with Crippen LogP contribution in [0.25, 0.3) is 0 Å². The van der Waals surface area contributed by atoms with Crippen molar-refractivity contribution in [2.75, 3.05) is 13.1 Å². The Morgan fingerprint density at radius 2 is 2.00 bits per heavy atom. The van der Waals surface area contributed by atoms with Crippen LogP contribution < -0.4 is 10.6 Å². The Bertz CT molecular complexity index is 418. The van der Waals surface area contributed by atoms with Crippen LogP contribution >= 0.6 is 0 Å². The highest BCUT2D eigenvalue weighted by Gasteiger charge is 2.18. The molecule has 3 heteroatoms. The topological polar surface area (TPSA) is 36.4 Å². The summed E-state index contributed by atoms with van der Waals surface area (Å²) in [5.41, 5.74) is 2.84. The van der Waals surface area contributed by atoms with Crippen LogP contribution in [0.3, 0.4) is 0 Å². The summed E-state index contributed by atoms with van der Waals surface area (Å²) in [6.45, 7) is 2.83. The van der Waals surface area contributed by atoms with E-state index in [9.17, 15) is 0 Å². The fraction of sp³-hybridized carbons (Fsp3) is 0.533. The Hall–Kier alpha value is -1.51. The molecule has 1 saturated carbocycles. The Kier molecular flexibility index (Phi) is 3.49. The summed E-state index contributed by atoms with van der Waals surface area (Å²) >= 11 is 0. The summed E-state index contributed by atoms with van der Waals surface area (Å²) in [4.78, 5) is 4.41. The van der Waals surface area contributed by atoms with Crippen LogP contribution in [-0.2, 0) is 6.54 Å². The molecule has 3 rings (SSSR count). The highest BCUT2D eigenvalue weighted by atomic mass is 15.2. The summed E-state index contributed by atoms with van der Waals surface area (Å²) in [5, 5.41) is 6.63. The van der Waals surface area contributed by atoms with E-state index in [-0.39, 0.29) is 0 Å². The lowest BCUT2D eigenvalue weighted by atomic mass is 9.80. The Balaban J connectivity index is 1.54. The molecule has 0 unspecified atom stereocenters. The van der Waals surface area contributed by atoms with E-state index in [2.05, 4.69) is 39.9 Å². The summed E-state index contributed by atoms with van der Waals surface area (Å²) in [5.74, 6) is 1.78. The second kappa shape index (κ2) is 5.42. The molecule has 1 fully saturated rings. The fourth-order valence-electron chi connectivity index (χ4n) is 2.49. The molecule has 0 atom stereocenters. The van der Waals surface area contributed by atoms with E-state index in [0.717, 1.165) is 37.9 Å². The molecule has 0 spiro atoms. The van der Waals surface area contributed by atoms with Gasteiger partial charge in [-0.15, -0.1) is 0 Å². The standard InChI is InChI=1S/C15H21N3/c1-3-13(4-1)14-7-5-12(6-8-14)11-18-15-16-9-2-10-17-15/h5-8,13H,1-4,9-11H2,(H2,16,17,18). The number of hydrogen-bond donors (Lipinski definition) is 2. The first-order chi connectivity index (χ1) is 8.92. The molecule has 0 aromatic heterocycles. The molecule has 2 aliphatic rings. The van der Waals surface area contributed by atoms with Gasteiger partial charge in [-0.1, -0.05) is 30.7 Å². The van der Waals surface area contributed by atoms with Gasteiger partial charge in [0, 0.05) is 19.6 Å².